The van der Waals surface area contributed by atoms with Crippen molar-refractivity contribution in [1.82, 2.24) is 5.01 Å². The van der Waals surface area contributed by atoms with Crippen LogP contribution in [0.4, 0.5) is 5.82 Å². The number of piperazine rings is 1. The average Bonchev–Trinajstić information content (AvgIpc) is 2.79. The molecule has 2 aromatic carbocycles. The van der Waals surface area contributed by atoms with Crippen molar-refractivity contribution in [2.45, 2.75) is 6.61 Å². The first-order chi connectivity index (χ1) is 13.9. The molecule has 5 nitrogen and oxygen atoms in total. The van der Waals surface area contributed by atoms with E-state index in [0.29, 0.717) is 6.61 Å². The van der Waals surface area contributed by atoms with Crippen LogP contribution in [-0.2, 0) is 6.61 Å². The molecule has 142 valence electrons. The summed E-state index contributed by atoms with van der Waals surface area (Å²) in [6.45, 7) is 4.33. The molecule has 2 heterocycles. The molecule has 5 heteroatoms. The Kier molecular flexibility index (Phi) is 5.83. The van der Waals surface area contributed by atoms with Crippen LogP contribution in [0.5, 0.6) is 5.75 Å². The zero-order valence-corrected chi connectivity index (χ0v) is 15.9. The van der Waals surface area contributed by atoms with Crippen LogP contribution >= 0.6 is 0 Å². The fraction of sp³-hybridized carbons (Fsp3) is 0.217. The predicted molar refractivity (Wildman–Crippen MR) is 112 cm³/mol. The summed E-state index contributed by atoms with van der Waals surface area (Å²) in [5.41, 5.74) is 2.24. The van der Waals surface area contributed by atoms with E-state index in [-0.39, 0.29) is 0 Å². The third-order valence-electron chi connectivity index (χ3n) is 4.79. The summed E-state index contributed by atoms with van der Waals surface area (Å²) in [6.07, 6.45) is 3.89. The Morgan fingerprint density at radius 3 is 2.32 bits per heavy atom. The van der Waals surface area contributed by atoms with Gasteiger partial charge in [0.25, 0.3) is 5.82 Å². The largest absolute Gasteiger partial charge is 0.489 e. The first-order valence-electron chi connectivity index (χ1n) is 9.64. The number of rotatable bonds is 6. The van der Waals surface area contributed by atoms with E-state index in [9.17, 15) is 0 Å². The SMILES string of the molecule is C(=N/N1CCN(c2cccc[nH+]2)CC1)/c1ccc(OCc2ccccc2)cc1. The van der Waals surface area contributed by atoms with E-state index in [1.807, 2.05) is 60.9 Å². The lowest BCUT2D eigenvalue weighted by molar-refractivity contribution is -0.364. The topological polar surface area (TPSA) is 42.2 Å². The standard InChI is InChI=1S/C23H24N4O/c1-2-6-21(7-3-1)19-28-22-11-9-20(10-12-22)18-25-27-16-14-26(15-17-27)23-8-4-5-13-24-23/h1-13,18H,14-17,19H2/p+1/b25-18-. The molecule has 3 aromatic rings. The molecule has 0 atom stereocenters. The quantitative estimate of drug-likeness (QED) is 0.623. The Hall–Kier alpha value is -3.34. The highest BCUT2D eigenvalue weighted by Gasteiger charge is 2.21. The van der Waals surface area contributed by atoms with Crippen LogP contribution in [-0.4, -0.2) is 37.4 Å². The third-order valence-corrected chi connectivity index (χ3v) is 4.79. The molecule has 0 amide bonds. The minimum absolute atomic E-state index is 0.581. The second-order valence-corrected chi connectivity index (χ2v) is 6.78. The number of nitrogens with one attached hydrogen (secondary N) is 1. The Morgan fingerprint density at radius 2 is 1.61 bits per heavy atom. The van der Waals surface area contributed by atoms with Crippen molar-refractivity contribution in [2.75, 3.05) is 31.1 Å². The van der Waals surface area contributed by atoms with E-state index >= 15 is 0 Å². The molecule has 0 spiro atoms. The highest BCUT2D eigenvalue weighted by atomic mass is 16.5. The number of hydrogen-bond donors (Lipinski definition) is 0. The highest BCUT2D eigenvalue weighted by Crippen LogP contribution is 2.14. The van der Waals surface area contributed by atoms with E-state index < -0.39 is 0 Å². The van der Waals surface area contributed by atoms with Crippen LogP contribution in [0.2, 0.25) is 0 Å². The molecule has 1 fully saturated rings. The molecule has 0 saturated carbocycles. The second-order valence-electron chi connectivity index (χ2n) is 6.78. The Balaban J connectivity index is 1.26. The van der Waals surface area contributed by atoms with Gasteiger partial charge in [0, 0.05) is 6.07 Å². The molecule has 1 N–H and O–H groups in total. The lowest BCUT2D eigenvalue weighted by atomic mass is 10.2. The van der Waals surface area contributed by atoms with Crippen LogP contribution in [0, 0.1) is 0 Å². The van der Waals surface area contributed by atoms with Crippen LogP contribution in [0.25, 0.3) is 0 Å². The molecule has 1 aliphatic rings. The van der Waals surface area contributed by atoms with Gasteiger partial charge in [-0.3, -0.25) is 9.91 Å². The highest BCUT2D eigenvalue weighted by molar-refractivity contribution is 5.79. The van der Waals surface area contributed by atoms with Crippen LogP contribution < -0.4 is 14.6 Å². The number of anilines is 1. The van der Waals surface area contributed by atoms with Gasteiger partial charge in [-0.2, -0.15) is 5.10 Å². The molecule has 0 unspecified atom stereocenters. The molecule has 0 radical (unpaired) electrons. The number of nitrogens with zero attached hydrogens (tertiary/aromatic N) is 3. The van der Waals surface area contributed by atoms with Crippen LogP contribution in [0.1, 0.15) is 11.1 Å². The van der Waals surface area contributed by atoms with Gasteiger partial charge in [0.05, 0.1) is 25.5 Å². The summed E-state index contributed by atoms with van der Waals surface area (Å²) in [6, 6.07) is 24.4. The zero-order chi connectivity index (χ0) is 19.0. The van der Waals surface area contributed by atoms with Crippen molar-refractivity contribution in [1.29, 1.82) is 0 Å². The third kappa shape index (κ3) is 4.88. The minimum Gasteiger partial charge on any atom is -0.489 e. The fourth-order valence-electron chi connectivity index (χ4n) is 3.17. The summed E-state index contributed by atoms with van der Waals surface area (Å²) in [7, 11) is 0. The molecule has 4 rings (SSSR count). The molecule has 28 heavy (non-hydrogen) atoms. The normalized spacial score (nSPS) is 14.4. The Labute approximate surface area is 165 Å². The molecule has 1 saturated heterocycles. The van der Waals surface area contributed by atoms with Gasteiger partial charge in [-0.15, -0.1) is 0 Å². The monoisotopic (exact) mass is 373 g/mol. The van der Waals surface area contributed by atoms with Crippen molar-refractivity contribution in [3.05, 3.63) is 90.1 Å². The number of aromatic nitrogens is 1. The van der Waals surface area contributed by atoms with Crippen molar-refractivity contribution >= 4 is 12.0 Å². The van der Waals surface area contributed by atoms with E-state index in [1.54, 1.807) is 0 Å². The van der Waals surface area contributed by atoms with Gasteiger partial charge in [-0.05, 0) is 41.5 Å². The van der Waals surface area contributed by atoms with Gasteiger partial charge in [0.15, 0.2) is 0 Å². The lowest BCUT2D eigenvalue weighted by Gasteiger charge is -2.28. The average molecular weight is 373 g/mol. The number of hydrazone groups is 1. The van der Waals surface area contributed by atoms with Crippen molar-refractivity contribution in [3.63, 3.8) is 0 Å². The first kappa shape index (κ1) is 18.0. The van der Waals surface area contributed by atoms with Gasteiger partial charge in [-0.25, -0.2) is 4.98 Å². The van der Waals surface area contributed by atoms with Crippen LogP contribution in [0.15, 0.2) is 84.1 Å². The summed E-state index contributed by atoms with van der Waals surface area (Å²) < 4.78 is 5.83. The molecule has 1 aliphatic heterocycles. The number of benzene rings is 2. The molecule has 0 aliphatic carbocycles. The summed E-state index contributed by atoms with van der Waals surface area (Å²) in [4.78, 5) is 5.65. The number of ether oxygens (including phenoxy) is 1. The van der Waals surface area contributed by atoms with E-state index in [2.05, 4.69) is 44.3 Å². The van der Waals surface area contributed by atoms with E-state index in [1.165, 1.54) is 5.56 Å². The van der Waals surface area contributed by atoms with Gasteiger partial charge in [0.1, 0.15) is 25.4 Å². The minimum atomic E-state index is 0.581. The van der Waals surface area contributed by atoms with Crippen molar-refractivity contribution in [3.8, 4) is 5.75 Å². The smallest absolute Gasteiger partial charge is 0.274 e. The van der Waals surface area contributed by atoms with Gasteiger partial charge < -0.3 is 4.74 Å². The summed E-state index contributed by atoms with van der Waals surface area (Å²) >= 11 is 0. The van der Waals surface area contributed by atoms with Gasteiger partial charge in [0.2, 0.25) is 0 Å². The number of H-pyrrole nitrogens is 1. The summed E-state index contributed by atoms with van der Waals surface area (Å²) in [5, 5.41) is 6.76. The number of pyridine rings is 1. The van der Waals surface area contributed by atoms with Crippen molar-refractivity contribution in [2.24, 2.45) is 5.10 Å². The molecular weight excluding hydrogens is 348 g/mol. The second kappa shape index (κ2) is 9.04. The lowest BCUT2D eigenvalue weighted by Crippen LogP contribution is -2.45. The molecular formula is C23H25N4O+. The van der Waals surface area contributed by atoms with Gasteiger partial charge >= 0.3 is 0 Å². The van der Waals surface area contributed by atoms with Crippen molar-refractivity contribution < 1.29 is 9.72 Å². The fourth-order valence-corrected chi connectivity index (χ4v) is 3.17. The maximum Gasteiger partial charge on any atom is 0.274 e. The maximum absolute atomic E-state index is 5.83. The zero-order valence-electron chi connectivity index (χ0n) is 15.9. The van der Waals surface area contributed by atoms with E-state index in [0.717, 1.165) is 43.3 Å². The number of aromatic amines is 1. The maximum atomic E-state index is 5.83. The number of hydrogen-bond acceptors (Lipinski definition) is 4. The van der Waals surface area contributed by atoms with E-state index in [4.69, 9.17) is 4.74 Å². The molecule has 1 aromatic heterocycles. The summed E-state index contributed by atoms with van der Waals surface area (Å²) in [5.74, 6) is 2.03. The Bertz CT molecular complexity index is 873. The molecule has 0 bridgehead atoms. The first-order valence-corrected chi connectivity index (χ1v) is 9.64. The Morgan fingerprint density at radius 1 is 0.857 bits per heavy atom. The van der Waals surface area contributed by atoms with Gasteiger partial charge in [-0.1, -0.05) is 36.4 Å². The predicted octanol–water partition coefficient (Wildman–Crippen LogP) is 3.24. The van der Waals surface area contributed by atoms with Crippen LogP contribution in [0.3, 0.4) is 0 Å².